The number of hydrogen-bond acceptors (Lipinski definition) is 6. The Morgan fingerprint density at radius 1 is 1.22 bits per heavy atom. The Bertz CT molecular complexity index is 904. The van der Waals surface area contributed by atoms with Crippen molar-refractivity contribution in [2.45, 2.75) is 0 Å². The van der Waals surface area contributed by atoms with Gasteiger partial charge in [0.25, 0.3) is 5.91 Å². The maximum Gasteiger partial charge on any atom is 0.339 e. The lowest BCUT2D eigenvalue weighted by Gasteiger charge is -2.09. The second-order valence-electron chi connectivity index (χ2n) is 4.73. The van der Waals surface area contributed by atoms with Gasteiger partial charge in [-0.25, -0.2) is 9.78 Å². The first-order valence-corrected chi connectivity index (χ1v) is 7.55. The summed E-state index contributed by atoms with van der Waals surface area (Å²) in [6.45, 7) is 0. The van der Waals surface area contributed by atoms with Crippen LogP contribution >= 0.6 is 11.3 Å². The average Bonchev–Trinajstić information content (AvgIpc) is 2.93. The highest BCUT2D eigenvalue weighted by molar-refractivity contribution is 7.22. The number of fused-ring (bicyclic) bond motifs is 1. The van der Waals surface area contributed by atoms with Gasteiger partial charge in [0.15, 0.2) is 5.13 Å². The molecule has 1 amide bonds. The molecule has 0 aliphatic carbocycles. The number of carbonyl (C=O) groups is 2. The number of rotatable bonds is 3. The van der Waals surface area contributed by atoms with Crippen molar-refractivity contribution in [3.63, 3.8) is 0 Å². The number of esters is 1. The predicted molar refractivity (Wildman–Crippen MR) is 89.8 cm³/mol. The summed E-state index contributed by atoms with van der Waals surface area (Å²) in [5.74, 6) is -0.832. The van der Waals surface area contributed by atoms with Crippen LogP contribution in [0.5, 0.6) is 0 Å². The molecule has 1 heterocycles. The maximum atomic E-state index is 12.4. The second kappa shape index (κ2) is 6.05. The number of thiazole rings is 1. The number of anilines is 2. The number of benzene rings is 2. The monoisotopic (exact) mass is 327 g/mol. The van der Waals surface area contributed by atoms with Crippen LogP contribution in [0.15, 0.2) is 42.5 Å². The number of nitrogen functional groups attached to an aromatic ring is 1. The first-order chi connectivity index (χ1) is 11.1. The molecule has 1 aromatic heterocycles. The minimum atomic E-state index is -0.508. The fourth-order valence-corrected chi connectivity index (χ4v) is 2.93. The highest BCUT2D eigenvalue weighted by Crippen LogP contribution is 2.25. The lowest BCUT2D eigenvalue weighted by molar-refractivity contribution is 0.0602. The van der Waals surface area contributed by atoms with Gasteiger partial charge in [-0.2, -0.15) is 0 Å². The molecule has 0 fully saturated rings. The van der Waals surface area contributed by atoms with Gasteiger partial charge in [-0.05, 0) is 30.3 Å². The van der Waals surface area contributed by atoms with Crippen molar-refractivity contribution in [1.29, 1.82) is 0 Å². The molecule has 3 N–H and O–H groups in total. The van der Waals surface area contributed by atoms with Crippen LogP contribution in [0, 0.1) is 0 Å². The number of hydrogen-bond donors (Lipinski definition) is 2. The summed E-state index contributed by atoms with van der Waals surface area (Å²) >= 11 is 1.31. The summed E-state index contributed by atoms with van der Waals surface area (Å²) in [6.07, 6.45) is 0. The number of nitrogens with two attached hydrogens (primary N) is 1. The van der Waals surface area contributed by atoms with Crippen LogP contribution in [0.2, 0.25) is 0 Å². The molecule has 0 bridgehead atoms. The minimum absolute atomic E-state index is 0.298. The lowest BCUT2D eigenvalue weighted by Crippen LogP contribution is -2.15. The molecule has 0 atom stereocenters. The molecule has 7 heteroatoms. The van der Waals surface area contributed by atoms with E-state index >= 15 is 0 Å². The van der Waals surface area contributed by atoms with Gasteiger partial charge in [-0.3, -0.25) is 4.79 Å². The van der Waals surface area contributed by atoms with Gasteiger partial charge in [0.05, 0.1) is 28.6 Å². The number of para-hydroxylation sites is 1. The molecule has 0 aliphatic heterocycles. The zero-order valence-electron chi connectivity index (χ0n) is 12.2. The van der Waals surface area contributed by atoms with E-state index < -0.39 is 5.97 Å². The quantitative estimate of drug-likeness (QED) is 0.721. The Morgan fingerprint density at radius 2 is 2.00 bits per heavy atom. The van der Waals surface area contributed by atoms with Crippen molar-refractivity contribution in [3.8, 4) is 0 Å². The van der Waals surface area contributed by atoms with E-state index in [2.05, 4.69) is 10.3 Å². The molecule has 0 saturated carbocycles. The van der Waals surface area contributed by atoms with E-state index in [-0.39, 0.29) is 5.91 Å². The maximum absolute atomic E-state index is 12.4. The average molecular weight is 327 g/mol. The molecule has 116 valence electrons. The first kappa shape index (κ1) is 15.0. The van der Waals surface area contributed by atoms with Crippen molar-refractivity contribution < 1.29 is 14.3 Å². The lowest BCUT2D eigenvalue weighted by atomic mass is 10.1. The van der Waals surface area contributed by atoms with Gasteiger partial charge in [0.1, 0.15) is 0 Å². The molecule has 0 saturated heterocycles. The molecule has 2 aromatic carbocycles. The summed E-state index contributed by atoms with van der Waals surface area (Å²) in [7, 11) is 1.29. The molecule has 0 unspecified atom stereocenters. The topological polar surface area (TPSA) is 94.3 Å². The Hall–Kier alpha value is -2.93. The van der Waals surface area contributed by atoms with Gasteiger partial charge in [-0.1, -0.05) is 23.5 Å². The fourth-order valence-electron chi connectivity index (χ4n) is 2.16. The highest BCUT2D eigenvalue weighted by atomic mass is 32.1. The van der Waals surface area contributed by atoms with E-state index in [1.54, 1.807) is 42.5 Å². The van der Waals surface area contributed by atoms with Gasteiger partial charge < -0.3 is 15.8 Å². The number of aromatic nitrogens is 1. The van der Waals surface area contributed by atoms with E-state index in [0.29, 0.717) is 21.9 Å². The van der Waals surface area contributed by atoms with Crippen molar-refractivity contribution in [2.75, 3.05) is 18.2 Å². The molecule has 3 rings (SSSR count). The first-order valence-electron chi connectivity index (χ1n) is 6.73. The second-order valence-corrected chi connectivity index (χ2v) is 5.79. The smallest absolute Gasteiger partial charge is 0.339 e. The SMILES string of the molecule is COC(=O)c1ccccc1NC(=O)c1ccc2nc(N)sc2c1. The van der Waals surface area contributed by atoms with E-state index in [4.69, 9.17) is 10.5 Å². The Balaban J connectivity index is 1.90. The third kappa shape index (κ3) is 3.00. The predicted octanol–water partition coefficient (Wildman–Crippen LogP) is 2.92. The summed E-state index contributed by atoms with van der Waals surface area (Å²) in [5, 5.41) is 3.18. The highest BCUT2D eigenvalue weighted by Gasteiger charge is 2.15. The summed E-state index contributed by atoms with van der Waals surface area (Å²) in [5.41, 5.74) is 7.57. The Kier molecular flexibility index (Phi) is 3.94. The van der Waals surface area contributed by atoms with Crippen LogP contribution in [-0.2, 0) is 4.74 Å². The zero-order valence-corrected chi connectivity index (χ0v) is 13.0. The normalized spacial score (nSPS) is 10.5. The molecule has 3 aromatic rings. The van der Waals surface area contributed by atoms with Gasteiger partial charge in [-0.15, -0.1) is 0 Å². The van der Waals surface area contributed by atoms with Crippen LogP contribution in [0.1, 0.15) is 20.7 Å². The third-order valence-corrected chi connectivity index (χ3v) is 4.10. The largest absolute Gasteiger partial charge is 0.465 e. The zero-order chi connectivity index (χ0) is 16.4. The van der Waals surface area contributed by atoms with E-state index in [0.717, 1.165) is 10.2 Å². The number of ether oxygens (including phenoxy) is 1. The number of carbonyl (C=O) groups excluding carboxylic acids is 2. The van der Waals surface area contributed by atoms with Crippen LogP contribution < -0.4 is 11.1 Å². The van der Waals surface area contributed by atoms with E-state index in [1.165, 1.54) is 18.4 Å². The Morgan fingerprint density at radius 3 is 2.78 bits per heavy atom. The molecule has 0 radical (unpaired) electrons. The third-order valence-electron chi connectivity index (χ3n) is 3.25. The van der Waals surface area contributed by atoms with Crippen LogP contribution in [0.25, 0.3) is 10.2 Å². The molecular formula is C16H13N3O3S. The minimum Gasteiger partial charge on any atom is -0.465 e. The standard InChI is InChI=1S/C16H13N3O3S/c1-22-15(21)10-4-2-3-5-11(10)18-14(20)9-6-7-12-13(8-9)23-16(17)19-12/h2-8H,1H3,(H2,17,19)(H,18,20). The van der Waals surface area contributed by atoms with Crippen molar-refractivity contribution >= 4 is 44.2 Å². The number of nitrogens with one attached hydrogen (secondary N) is 1. The molecule has 0 spiro atoms. The number of amides is 1. The summed E-state index contributed by atoms with van der Waals surface area (Å²) in [6, 6.07) is 11.8. The van der Waals surface area contributed by atoms with Crippen LogP contribution in [-0.4, -0.2) is 24.0 Å². The van der Waals surface area contributed by atoms with Crippen molar-refractivity contribution in [1.82, 2.24) is 4.98 Å². The van der Waals surface area contributed by atoms with Crippen molar-refractivity contribution in [3.05, 3.63) is 53.6 Å². The fraction of sp³-hybridized carbons (Fsp3) is 0.0625. The van der Waals surface area contributed by atoms with Crippen molar-refractivity contribution in [2.24, 2.45) is 0 Å². The summed E-state index contributed by atoms with van der Waals surface area (Å²) < 4.78 is 5.54. The van der Waals surface area contributed by atoms with Gasteiger partial charge in [0, 0.05) is 5.56 Å². The Labute approximate surface area is 135 Å². The number of methoxy groups -OCH3 is 1. The molecular weight excluding hydrogens is 314 g/mol. The molecule has 0 aliphatic rings. The van der Waals surface area contributed by atoms with Gasteiger partial charge in [0.2, 0.25) is 0 Å². The molecule has 23 heavy (non-hydrogen) atoms. The molecule has 6 nitrogen and oxygen atoms in total. The van der Waals surface area contributed by atoms with Crippen LogP contribution in [0.4, 0.5) is 10.8 Å². The van der Waals surface area contributed by atoms with Gasteiger partial charge >= 0.3 is 5.97 Å². The van der Waals surface area contributed by atoms with E-state index in [1.807, 2.05) is 0 Å². The number of nitrogens with zero attached hydrogens (tertiary/aromatic N) is 1. The van der Waals surface area contributed by atoms with Crippen LogP contribution in [0.3, 0.4) is 0 Å². The van der Waals surface area contributed by atoms with E-state index in [9.17, 15) is 9.59 Å². The summed E-state index contributed by atoms with van der Waals surface area (Å²) in [4.78, 5) is 28.3.